The van der Waals surface area contributed by atoms with Crippen molar-refractivity contribution in [1.82, 2.24) is 26.7 Å². The first-order chi connectivity index (χ1) is 10.2. The third kappa shape index (κ3) is 4.51. The molecule has 122 valence electrons. The Bertz CT molecular complexity index is 326. The molecule has 0 bridgehead atoms. The van der Waals surface area contributed by atoms with Crippen molar-refractivity contribution in [2.75, 3.05) is 13.2 Å². The highest BCUT2D eigenvalue weighted by Gasteiger charge is 2.32. The summed E-state index contributed by atoms with van der Waals surface area (Å²) in [4.78, 5) is 5.60. The molecule has 4 unspecified atom stereocenters. The van der Waals surface area contributed by atoms with Gasteiger partial charge in [-0.3, -0.25) is 20.8 Å². The molecule has 0 spiro atoms. The van der Waals surface area contributed by atoms with Crippen molar-refractivity contribution in [3.05, 3.63) is 0 Å². The Morgan fingerprint density at radius 1 is 1.19 bits per heavy atom. The van der Waals surface area contributed by atoms with Gasteiger partial charge in [0.2, 0.25) is 0 Å². The molecule has 3 fully saturated rings. The van der Waals surface area contributed by atoms with Gasteiger partial charge in [0, 0.05) is 19.0 Å². The van der Waals surface area contributed by atoms with Crippen LogP contribution < -0.4 is 26.7 Å². The summed E-state index contributed by atoms with van der Waals surface area (Å²) < 4.78 is 0. The highest BCUT2D eigenvalue weighted by molar-refractivity contribution is 6.20. The van der Waals surface area contributed by atoms with Crippen molar-refractivity contribution >= 4 is 11.6 Å². The summed E-state index contributed by atoms with van der Waals surface area (Å²) in [7, 11) is 0. The van der Waals surface area contributed by atoms with E-state index in [0.717, 1.165) is 25.6 Å². The van der Waals surface area contributed by atoms with Crippen molar-refractivity contribution in [2.45, 2.75) is 63.1 Å². The lowest BCUT2D eigenvalue weighted by Crippen LogP contribution is -2.55. The molecule has 1 aliphatic carbocycles. The molecule has 4 atom stereocenters. The second kappa shape index (κ2) is 7.55. The number of alkyl halides is 1. The van der Waals surface area contributed by atoms with Crippen LogP contribution in [0.1, 0.15) is 39.0 Å². The van der Waals surface area contributed by atoms with Crippen LogP contribution in [0.2, 0.25) is 0 Å². The number of hydrogen-bond donors (Lipinski definition) is 5. The molecule has 3 rings (SSSR count). The average molecular weight is 318 g/mol. The largest absolute Gasteiger partial charge is 0.302 e. The van der Waals surface area contributed by atoms with Gasteiger partial charge in [0.05, 0.1) is 17.8 Å². The Morgan fingerprint density at radius 3 is 2.67 bits per heavy atom. The molecule has 5 N–H and O–H groups in total. The zero-order chi connectivity index (χ0) is 14.7. The fourth-order valence-corrected chi connectivity index (χ4v) is 3.80. The van der Waals surface area contributed by atoms with E-state index < -0.39 is 0 Å². The van der Waals surface area contributed by atoms with Gasteiger partial charge in [-0.15, -0.1) is 11.6 Å². The van der Waals surface area contributed by atoms with E-state index in [-0.39, 0.29) is 17.9 Å². The van der Waals surface area contributed by atoms with Gasteiger partial charge in [-0.05, 0) is 45.1 Å². The Balaban J connectivity index is 1.34. The first-order valence-electron chi connectivity index (χ1n) is 8.22. The molecule has 2 saturated heterocycles. The molecule has 2 heterocycles. The molecule has 0 radical (unpaired) electrons. The second-order valence-corrected chi connectivity index (χ2v) is 7.10. The first kappa shape index (κ1) is 15.9. The van der Waals surface area contributed by atoms with E-state index in [4.69, 9.17) is 16.4 Å². The fourth-order valence-electron chi connectivity index (χ4n) is 3.55. The van der Waals surface area contributed by atoms with Crippen LogP contribution in [0.3, 0.4) is 0 Å². The number of halogens is 1. The maximum atomic E-state index is 6.12. The van der Waals surface area contributed by atoms with E-state index in [2.05, 4.69) is 33.7 Å². The standard InChI is InChI=1S/C14H28ClN5O/c1-9-19-14(21-20-9)11-4-2-10(3-5-11)7-16-13-6-12(15)17-8-18-13/h9-14,16-20H,2-8H2,1H3. The molecule has 3 aliphatic rings. The van der Waals surface area contributed by atoms with Crippen molar-refractivity contribution in [2.24, 2.45) is 11.8 Å². The minimum Gasteiger partial charge on any atom is -0.302 e. The van der Waals surface area contributed by atoms with Crippen LogP contribution in [0.25, 0.3) is 0 Å². The number of hydrogen-bond acceptors (Lipinski definition) is 6. The molecule has 0 aromatic heterocycles. The normalized spacial score (nSPS) is 44.9. The average Bonchev–Trinajstić information content (AvgIpc) is 2.92. The summed E-state index contributed by atoms with van der Waals surface area (Å²) in [6.45, 7) is 3.96. The Kier molecular flexibility index (Phi) is 5.72. The van der Waals surface area contributed by atoms with Gasteiger partial charge >= 0.3 is 0 Å². The summed E-state index contributed by atoms with van der Waals surface area (Å²) in [5.41, 5.74) is 3.08. The quantitative estimate of drug-likeness (QED) is 0.387. The monoisotopic (exact) mass is 317 g/mol. The number of rotatable bonds is 4. The van der Waals surface area contributed by atoms with Gasteiger partial charge < -0.3 is 5.32 Å². The van der Waals surface area contributed by atoms with E-state index in [9.17, 15) is 0 Å². The summed E-state index contributed by atoms with van der Waals surface area (Å²) in [5, 5.41) is 13.6. The van der Waals surface area contributed by atoms with Crippen LogP contribution in [0.4, 0.5) is 0 Å². The van der Waals surface area contributed by atoms with Crippen LogP contribution in [0.5, 0.6) is 0 Å². The van der Waals surface area contributed by atoms with E-state index in [1.54, 1.807) is 0 Å². The Hall–Kier alpha value is 0.0500. The molecular formula is C14H28ClN5O. The van der Waals surface area contributed by atoms with Crippen LogP contribution in [0.15, 0.2) is 0 Å². The number of hydroxylamine groups is 1. The lowest BCUT2D eigenvalue weighted by Gasteiger charge is -2.34. The van der Waals surface area contributed by atoms with Crippen molar-refractivity contribution < 1.29 is 4.84 Å². The minimum atomic E-state index is 0.0829. The molecule has 0 aromatic carbocycles. The lowest BCUT2D eigenvalue weighted by atomic mass is 9.81. The van der Waals surface area contributed by atoms with E-state index in [0.29, 0.717) is 12.1 Å². The summed E-state index contributed by atoms with van der Waals surface area (Å²) in [5.74, 6) is 1.42. The van der Waals surface area contributed by atoms with E-state index >= 15 is 0 Å². The maximum absolute atomic E-state index is 6.12. The molecule has 6 nitrogen and oxygen atoms in total. The van der Waals surface area contributed by atoms with Gasteiger partial charge in [0.15, 0.2) is 0 Å². The third-order valence-corrected chi connectivity index (χ3v) is 5.21. The molecule has 7 heteroatoms. The minimum absolute atomic E-state index is 0.0829. The molecule has 2 aliphatic heterocycles. The van der Waals surface area contributed by atoms with Crippen LogP contribution in [-0.4, -0.2) is 37.3 Å². The summed E-state index contributed by atoms with van der Waals surface area (Å²) in [6, 6.07) is 0. The fraction of sp³-hybridized carbons (Fsp3) is 1.00. The summed E-state index contributed by atoms with van der Waals surface area (Å²) >= 11 is 6.12. The van der Waals surface area contributed by atoms with Crippen molar-refractivity contribution in [3.8, 4) is 0 Å². The van der Waals surface area contributed by atoms with Crippen LogP contribution in [-0.2, 0) is 4.84 Å². The van der Waals surface area contributed by atoms with Crippen molar-refractivity contribution in [3.63, 3.8) is 0 Å². The first-order valence-corrected chi connectivity index (χ1v) is 8.66. The third-order valence-electron chi connectivity index (χ3n) is 4.87. The Labute approximate surface area is 132 Å². The molecule has 21 heavy (non-hydrogen) atoms. The predicted molar refractivity (Wildman–Crippen MR) is 83.2 cm³/mol. The second-order valence-electron chi connectivity index (χ2n) is 6.57. The maximum Gasteiger partial charge on any atom is 0.133 e. The zero-order valence-corrected chi connectivity index (χ0v) is 13.5. The SMILES string of the molecule is CC1NOC(C2CCC(CNC3CC(Cl)NCN3)CC2)N1. The topological polar surface area (TPSA) is 69.4 Å². The van der Waals surface area contributed by atoms with Gasteiger partial charge in [-0.1, -0.05) is 0 Å². The number of nitrogens with one attached hydrogen (secondary N) is 5. The lowest BCUT2D eigenvalue weighted by molar-refractivity contribution is -0.0234. The molecular weight excluding hydrogens is 290 g/mol. The van der Waals surface area contributed by atoms with Crippen LogP contribution >= 0.6 is 11.6 Å². The van der Waals surface area contributed by atoms with E-state index in [1.807, 2.05) is 0 Å². The zero-order valence-electron chi connectivity index (χ0n) is 12.7. The summed E-state index contributed by atoms with van der Waals surface area (Å²) in [6.07, 6.45) is 6.79. The molecule has 0 aromatic rings. The van der Waals surface area contributed by atoms with Gasteiger partial charge in [-0.2, -0.15) is 5.48 Å². The van der Waals surface area contributed by atoms with Gasteiger partial charge in [-0.25, -0.2) is 0 Å². The Morgan fingerprint density at radius 2 is 2.00 bits per heavy atom. The highest BCUT2D eigenvalue weighted by atomic mass is 35.5. The smallest absolute Gasteiger partial charge is 0.133 e. The van der Waals surface area contributed by atoms with E-state index in [1.165, 1.54) is 25.7 Å². The van der Waals surface area contributed by atoms with Gasteiger partial charge in [0.1, 0.15) is 6.23 Å². The molecule has 0 amide bonds. The van der Waals surface area contributed by atoms with Gasteiger partial charge in [0.25, 0.3) is 0 Å². The highest BCUT2D eigenvalue weighted by Crippen LogP contribution is 2.31. The van der Waals surface area contributed by atoms with Crippen LogP contribution in [0, 0.1) is 11.8 Å². The van der Waals surface area contributed by atoms with Crippen molar-refractivity contribution in [1.29, 1.82) is 0 Å². The molecule has 1 saturated carbocycles. The predicted octanol–water partition coefficient (Wildman–Crippen LogP) is 0.610.